The fraction of sp³-hybridized carbons (Fsp3) is 0.789. The number of rotatable bonds is 7. The van der Waals surface area contributed by atoms with Gasteiger partial charge >= 0.3 is 0 Å². The van der Waals surface area contributed by atoms with Crippen LogP contribution in [0.25, 0.3) is 0 Å². The van der Waals surface area contributed by atoms with Gasteiger partial charge in [-0.05, 0) is 64.2 Å². The smallest absolute Gasteiger partial charge is 0.237 e. The fourth-order valence-electron chi connectivity index (χ4n) is 4.39. The first kappa shape index (κ1) is 18.4. The highest BCUT2D eigenvalue weighted by Gasteiger charge is 2.47. The Bertz CT molecular complexity index is 536. The first-order valence-corrected chi connectivity index (χ1v) is 9.78. The van der Waals surface area contributed by atoms with E-state index < -0.39 is 0 Å². The molecule has 6 heteroatoms. The van der Waals surface area contributed by atoms with E-state index in [1.807, 2.05) is 12.5 Å². The number of piperidine rings is 1. The van der Waals surface area contributed by atoms with Crippen molar-refractivity contribution < 1.29 is 4.79 Å². The molecule has 1 amide bonds. The Hall–Kier alpha value is -1.40. The minimum Gasteiger partial charge on any atom is -0.355 e. The summed E-state index contributed by atoms with van der Waals surface area (Å²) in [6.45, 7) is 8.31. The van der Waals surface area contributed by atoms with Gasteiger partial charge < -0.3 is 14.8 Å². The Balaban J connectivity index is 1.50. The van der Waals surface area contributed by atoms with Crippen LogP contribution in [0.1, 0.15) is 39.0 Å². The van der Waals surface area contributed by atoms with Crippen molar-refractivity contribution in [3.8, 4) is 0 Å². The Kier molecular flexibility index (Phi) is 6.12. The minimum absolute atomic E-state index is 0.0663. The van der Waals surface area contributed by atoms with Crippen molar-refractivity contribution in [2.24, 2.45) is 5.41 Å². The van der Waals surface area contributed by atoms with Gasteiger partial charge in [0.1, 0.15) is 0 Å². The number of nitrogens with zero attached hydrogens (tertiary/aromatic N) is 4. The first-order valence-electron chi connectivity index (χ1n) is 9.78. The second kappa shape index (κ2) is 8.32. The third-order valence-corrected chi connectivity index (χ3v) is 5.92. The summed E-state index contributed by atoms with van der Waals surface area (Å²) >= 11 is 0. The van der Waals surface area contributed by atoms with E-state index in [0.717, 1.165) is 45.4 Å². The first-order chi connectivity index (χ1) is 12.1. The van der Waals surface area contributed by atoms with E-state index in [4.69, 9.17) is 0 Å². The monoisotopic (exact) mass is 347 g/mol. The maximum Gasteiger partial charge on any atom is 0.237 e. The Labute approximate surface area is 151 Å². The summed E-state index contributed by atoms with van der Waals surface area (Å²) in [6.07, 6.45) is 11.1. The highest BCUT2D eigenvalue weighted by atomic mass is 16.2. The zero-order valence-electron chi connectivity index (χ0n) is 15.8. The number of imidazole rings is 1. The normalized spacial score (nSPS) is 24.0. The van der Waals surface area contributed by atoms with Crippen molar-refractivity contribution >= 4 is 5.91 Å². The van der Waals surface area contributed by atoms with E-state index in [1.165, 1.54) is 25.9 Å². The molecule has 0 unspecified atom stereocenters. The predicted octanol–water partition coefficient (Wildman–Crippen LogP) is 1.59. The minimum atomic E-state index is 0.0663. The van der Waals surface area contributed by atoms with Gasteiger partial charge in [-0.1, -0.05) is 6.92 Å². The molecule has 2 aliphatic heterocycles. The quantitative estimate of drug-likeness (QED) is 0.761. The van der Waals surface area contributed by atoms with Gasteiger partial charge in [0.05, 0.1) is 12.4 Å². The third kappa shape index (κ3) is 4.61. The molecule has 1 N–H and O–H groups in total. The lowest BCUT2D eigenvalue weighted by atomic mass is 9.76. The lowest BCUT2D eigenvalue weighted by molar-refractivity contribution is -0.125. The van der Waals surface area contributed by atoms with E-state index in [0.29, 0.717) is 5.41 Å². The summed E-state index contributed by atoms with van der Waals surface area (Å²) in [5.74, 6) is 0.231. The van der Waals surface area contributed by atoms with Crippen molar-refractivity contribution in [1.29, 1.82) is 0 Å². The number of amides is 1. The van der Waals surface area contributed by atoms with Gasteiger partial charge in [0.15, 0.2) is 0 Å². The largest absolute Gasteiger partial charge is 0.355 e. The van der Waals surface area contributed by atoms with Crippen LogP contribution >= 0.6 is 0 Å². The molecule has 2 saturated heterocycles. The van der Waals surface area contributed by atoms with E-state index >= 15 is 0 Å². The fourth-order valence-corrected chi connectivity index (χ4v) is 4.39. The number of hydrogen-bond acceptors (Lipinski definition) is 4. The van der Waals surface area contributed by atoms with Crippen molar-refractivity contribution in [2.45, 2.75) is 51.6 Å². The lowest BCUT2D eigenvalue weighted by Crippen LogP contribution is -2.43. The highest BCUT2D eigenvalue weighted by molar-refractivity contribution is 5.82. The number of carbonyl (C=O) groups is 1. The van der Waals surface area contributed by atoms with E-state index in [1.54, 1.807) is 6.20 Å². The van der Waals surface area contributed by atoms with Crippen molar-refractivity contribution in [3.63, 3.8) is 0 Å². The lowest BCUT2D eigenvalue weighted by Gasteiger charge is -2.37. The standard InChI is InChI=1S/C19H33N5O/c1-3-9-24-15-19(5-11-22(2)12-6-19)14-17(24)18(25)21-7-4-10-23-13-8-20-16-23/h8,13,16-17H,3-7,9-12,14-15H2,1-2H3,(H,21,25)/t17-/m0/s1. The zero-order chi connectivity index (χ0) is 17.7. The van der Waals surface area contributed by atoms with Crippen molar-refractivity contribution in [2.75, 3.05) is 39.8 Å². The summed E-state index contributed by atoms with van der Waals surface area (Å²) in [5.41, 5.74) is 0.362. The van der Waals surface area contributed by atoms with Crippen LogP contribution in [0.2, 0.25) is 0 Å². The summed E-state index contributed by atoms with van der Waals surface area (Å²) in [4.78, 5) is 21.7. The van der Waals surface area contributed by atoms with E-state index in [9.17, 15) is 4.79 Å². The maximum atomic E-state index is 12.8. The van der Waals surface area contributed by atoms with Crippen molar-refractivity contribution in [1.82, 2.24) is 24.7 Å². The number of hydrogen-bond donors (Lipinski definition) is 1. The van der Waals surface area contributed by atoms with Crippen LogP contribution in [0.3, 0.4) is 0 Å². The second-order valence-electron chi connectivity index (χ2n) is 7.94. The summed E-state index contributed by atoms with van der Waals surface area (Å²) in [5, 5.41) is 3.18. The van der Waals surface area contributed by atoms with Gasteiger partial charge in [0.2, 0.25) is 5.91 Å². The van der Waals surface area contributed by atoms with Crippen molar-refractivity contribution in [3.05, 3.63) is 18.7 Å². The van der Waals surface area contributed by atoms with Crippen LogP contribution in [-0.4, -0.2) is 71.1 Å². The molecular weight excluding hydrogens is 314 g/mol. The van der Waals surface area contributed by atoms with Crippen LogP contribution in [0, 0.1) is 5.41 Å². The van der Waals surface area contributed by atoms with Crippen LogP contribution in [-0.2, 0) is 11.3 Å². The number of likely N-dealkylation sites (tertiary alicyclic amines) is 2. The highest BCUT2D eigenvalue weighted by Crippen LogP contribution is 2.43. The average molecular weight is 348 g/mol. The molecule has 6 nitrogen and oxygen atoms in total. The topological polar surface area (TPSA) is 53.4 Å². The molecule has 1 atom stereocenters. The number of carbonyl (C=O) groups excluding carboxylic acids is 1. The molecule has 1 aromatic rings. The second-order valence-corrected chi connectivity index (χ2v) is 7.94. The maximum absolute atomic E-state index is 12.8. The molecule has 1 spiro atoms. The zero-order valence-corrected chi connectivity index (χ0v) is 15.8. The van der Waals surface area contributed by atoms with Gasteiger partial charge in [-0.2, -0.15) is 0 Å². The van der Waals surface area contributed by atoms with Gasteiger partial charge in [-0.15, -0.1) is 0 Å². The predicted molar refractivity (Wildman–Crippen MR) is 99.3 cm³/mol. The SMILES string of the molecule is CCCN1CC2(CCN(C)CC2)C[C@H]1C(=O)NCCCn1ccnc1. The third-order valence-electron chi connectivity index (χ3n) is 5.92. The number of aromatic nitrogens is 2. The molecule has 140 valence electrons. The molecule has 3 rings (SSSR count). The van der Waals surface area contributed by atoms with Gasteiger partial charge in [-0.3, -0.25) is 9.69 Å². The van der Waals surface area contributed by atoms with Crippen LogP contribution < -0.4 is 5.32 Å². The van der Waals surface area contributed by atoms with Gasteiger partial charge in [0, 0.05) is 32.0 Å². The summed E-state index contributed by atoms with van der Waals surface area (Å²) in [7, 11) is 2.20. The summed E-state index contributed by atoms with van der Waals surface area (Å²) in [6, 6.07) is 0.0663. The Morgan fingerprint density at radius 1 is 1.32 bits per heavy atom. The molecule has 1 aromatic heterocycles. The molecule has 2 fully saturated rings. The van der Waals surface area contributed by atoms with Crippen LogP contribution in [0.4, 0.5) is 0 Å². The summed E-state index contributed by atoms with van der Waals surface area (Å²) < 4.78 is 2.05. The van der Waals surface area contributed by atoms with Crippen LogP contribution in [0.5, 0.6) is 0 Å². The van der Waals surface area contributed by atoms with Gasteiger partial charge in [-0.25, -0.2) is 4.98 Å². The average Bonchev–Trinajstić information content (AvgIpc) is 3.23. The molecule has 0 aromatic carbocycles. The molecule has 3 heterocycles. The van der Waals surface area contributed by atoms with E-state index in [2.05, 4.69) is 38.6 Å². The van der Waals surface area contributed by atoms with E-state index in [-0.39, 0.29) is 11.9 Å². The number of aryl methyl sites for hydroxylation is 1. The van der Waals surface area contributed by atoms with Gasteiger partial charge in [0.25, 0.3) is 0 Å². The molecule has 2 aliphatic rings. The molecule has 0 radical (unpaired) electrons. The molecular formula is C19H33N5O. The molecule has 25 heavy (non-hydrogen) atoms. The molecule has 0 saturated carbocycles. The Morgan fingerprint density at radius 2 is 2.12 bits per heavy atom. The van der Waals surface area contributed by atoms with Crippen LogP contribution in [0.15, 0.2) is 18.7 Å². The Morgan fingerprint density at radius 3 is 2.80 bits per heavy atom. The molecule has 0 bridgehead atoms. The number of nitrogens with one attached hydrogen (secondary N) is 1. The molecule has 0 aliphatic carbocycles.